The van der Waals surface area contributed by atoms with Crippen molar-refractivity contribution in [2.45, 2.75) is 32.0 Å². The van der Waals surface area contributed by atoms with Gasteiger partial charge in [-0.15, -0.1) is 11.3 Å². The molecule has 0 atom stereocenters. The molecule has 0 spiro atoms. The molecule has 3 rings (SSSR count). The Balaban J connectivity index is 1.69. The summed E-state index contributed by atoms with van der Waals surface area (Å²) in [5.41, 5.74) is 2.85. The first-order chi connectivity index (χ1) is 9.33. The Bertz CT molecular complexity index is 540. The van der Waals surface area contributed by atoms with Gasteiger partial charge in [0.25, 0.3) is 0 Å². The quantitative estimate of drug-likeness (QED) is 0.883. The standard InChI is InChI=1S/C14H15ClN2OS/c15-13-2-1-3-14(12(13)7-17-10-4-5-10)18-8-11-6-16-9-19-11/h1-3,6,9-10,17H,4-5,7-8H2. The largest absolute Gasteiger partial charge is 0.488 e. The smallest absolute Gasteiger partial charge is 0.125 e. The number of benzene rings is 1. The maximum absolute atomic E-state index is 6.26. The summed E-state index contributed by atoms with van der Waals surface area (Å²) >= 11 is 7.86. The van der Waals surface area contributed by atoms with Crippen LogP contribution < -0.4 is 10.1 Å². The van der Waals surface area contributed by atoms with Crippen molar-refractivity contribution >= 4 is 22.9 Å². The second-order valence-corrected chi connectivity index (χ2v) is 6.01. The Morgan fingerprint density at radius 2 is 2.32 bits per heavy atom. The van der Waals surface area contributed by atoms with Crippen molar-refractivity contribution in [3.8, 4) is 5.75 Å². The lowest BCUT2D eigenvalue weighted by Gasteiger charge is -2.13. The molecular formula is C14H15ClN2OS. The van der Waals surface area contributed by atoms with Crippen LogP contribution in [0.3, 0.4) is 0 Å². The predicted molar refractivity (Wildman–Crippen MR) is 77.8 cm³/mol. The summed E-state index contributed by atoms with van der Waals surface area (Å²) in [6.07, 6.45) is 4.36. The van der Waals surface area contributed by atoms with E-state index in [4.69, 9.17) is 16.3 Å². The highest BCUT2D eigenvalue weighted by atomic mass is 35.5. The van der Waals surface area contributed by atoms with Gasteiger partial charge >= 0.3 is 0 Å². The fourth-order valence-corrected chi connectivity index (χ4v) is 2.58. The van der Waals surface area contributed by atoms with Gasteiger partial charge in [-0.25, -0.2) is 0 Å². The highest BCUT2D eigenvalue weighted by Crippen LogP contribution is 2.29. The third-order valence-electron chi connectivity index (χ3n) is 3.07. The molecule has 1 heterocycles. The number of aromatic nitrogens is 1. The van der Waals surface area contributed by atoms with Crippen LogP contribution in [-0.2, 0) is 13.2 Å². The van der Waals surface area contributed by atoms with Crippen LogP contribution in [0.2, 0.25) is 5.02 Å². The van der Waals surface area contributed by atoms with Crippen LogP contribution in [0.1, 0.15) is 23.3 Å². The first kappa shape index (κ1) is 12.9. The molecule has 100 valence electrons. The van der Waals surface area contributed by atoms with Gasteiger partial charge in [0.15, 0.2) is 0 Å². The van der Waals surface area contributed by atoms with E-state index in [1.54, 1.807) is 11.3 Å². The monoisotopic (exact) mass is 294 g/mol. The summed E-state index contributed by atoms with van der Waals surface area (Å²) in [5, 5.41) is 4.23. The zero-order valence-corrected chi connectivity index (χ0v) is 12.0. The molecule has 19 heavy (non-hydrogen) atoms. The molecule has 1 N–H and O–H groups in total. The molecule has 1 saturated carbocycles. The Labute approximate surface area is 121 Å². The van der Waals surface area contributed by atoms with Gasteiger partial charge in [-0.1, -0.05) is 17.7 Å². The molecular weight excluding hydrogens is 280 g/mol. The van der Waals surface area contributed by atoms with Crippen molar-refractivity contribution in [3.63, 3.8) is 0 Å². The molecule has 1 aliphatic rings. The number of ether oxygens (including phenoxy) is 1. The van der Waals surface area contributed by atoms with Crippen LogP contribution in [0.15, 0.2) is 29.9 Å². The molecule has 3 nitrogen and oxygen atoms in total. The van der Waals surface area contributed by atoms with Crippen LogP contribution in [-0.4, -0.2) is 11.0 Å². The van der Waals surface area contributed by atoms with Gasteiger partial charge in [0.2, 0.25) is 0 Å². The number of halogens is 1. The fourth-order valence-electron chi connectivity index (χ4n) is 1.84. The topological polar surface area (TPSA) is 34.1 Å². The molecule has 0 bridgehead atoms. The predicted octanol–water partition coefficient (Wildman–Crippen LogP) is 3.63. The fraction of sp³-hybridized carbons (Fsp3) is 0.357. The number of hydrogen-bond donors (Lipinski definition) is 1. The van der Waals surface area contributed by atoms with Gasteiger partial charge in [0.1, 0.15) is 12.4 Å². The molecule has 0 unspecified atom stereocenters. The molecule has 1 aromatic carbocycles. The number of nitrogens with one attached hydrogen (secondary N) is 1. The third kappa shape index (κ3) is 3.47. The second-order valence-electron chi connectivity index (χ2n) is 4.63. The van der Waals surface area contributed by atoms with Gasteiger partial charge < -0.3 is 10.1 Å². The number of nitrogens with zero attached hydrogens (tertiary/aromatic N) is 1. The summed E-state index contributed by atoms with van der Waals surface area (Å²) in [5.74, 6) is 0.856. The van der Waals surface area contributed by atoms with Crippen LogP contribution >= 0.6 is 22.9 Å². The summed E-state index contributed by atoms with van der Waals surface area (Å²) in [7, 11) is 0. The van der Waals surface area contributed by atoms with Gasteiger partial charge in [0, 0.05) is 29.4 Å². The van der Waals surface area contributed by atoms with E-state index < -0.39 is 0 Å². The Kier molecular flexibility index (Phi) is 4.01. The zero-order chi connectivity index (χ0) is 13.1. The molecule has 0 amide bonds. The van der Waals surface area contributed by atoms with Crippen molar-refractivity contribution < 1.29 is 4.74 Å². The minimum atomic E-state index is 0.543. The maximum atomic E-state index is 6.26. The van der Waals surface area contributed by atoms with Gasteiger partial charge in [0.05, 0.1) is 10.4 Å². The van der Waals surface area contributed by atoms with Crippen molar-refractivity contribution in [3.05, 3.63) is 45.4 Å². The third-order valence-corrected chi connectivity index (χ3v) is 4.18. The normalized spacial score (nSPS) is 14.6. The van der Waals surface area contributed by atoms with E-state index >= 15 is 0 Å². The SMILES string of the molecule is Clc1cccc(OCc2cncs2)c1CNC1CC1. The summed E-state index contributed by atoms with van der Waals surface area (Å²) < 4.78 is 5.86. The molecule has 5 heteroatoms. The highest BCUT2D eigenvalue weighted by molar-refractivity contribution is 7.09. The molecule has 0 aliphatic heterocycles. The molecule has 0 radical (unpaired) electrons. The first-order valence-electron chi connectivity index (χ1n) is 6.34. The molecule has 0 saturated heterocycles. The molecule has 1 aliphatic carbocycles. The second kappa shape index (κ2) is 5.90. The van der Waals surface area contributed by atoms with E-state index in [2.05, 4.69) is 10.3 Å². The molecule has 1 fully saturated rings. The van der Waals surface area contributed by atoms with Crippen LogP contribution in [0.4, 0.5) is 0 Å². The summed E-state index contributed by atoms with van der Waals surface area (Å²) in [6, 6.07) is 6.46. The lowest BCUT2D eigenvalue weighted by Crippen LogP contribution is -2.16. The summed E-state index contributed by atoms with van der Waals surface area (Å²) in [6.45, 7) is 1.31. The average molecular weight is 295 g/mol. The number of rotatable bonds is 6. The highest BCUT2D eigenvalue weighted by Gasteiger charge is 2.21. The molecule has 2 aromatic rings. The van der Waals surface area contributed by atoms with E-state index in [0.717, 1.165) is 27.8 Å². The average Bonchev–Trinajstić information content (AvgIpc) is 3.09. The van der Waals surface area contributed by atoms with Gasteiger partial charge in [-0.05, 0) is 25.0 Å². The lowest BCUT2D eigenvalue weighted by molar-refractivity contribution is 0.305. The van der Waals surface area contributed by atoms with E-state index in [1.807, 2.05) is 29.9 Å². The minimum Gasteiger partial charge on any atom is -0.488 e. The van der Waals surface area contributed by atoms with Crippen molar-refractivity contribution in [2.75, 3.05) is 0 Å². The van der Waals surface area contributed by atoms with E-state index in [0.29, 0.717) is 12.6 Å². The van der Waals surface area contributed by atoms with Crippen LogP contribution in [0.5, 0.6) is 5.75 Å². The van der Waals surface area contributed by atoms with E-state index in [1.165, 1.54) is 12.8 Å². The van der Waals surface area contributed by atoms with Gasteiger partial charge in [-0.2, -0.15) is 0 Å². The first-order valence-corrected chi connectivity index (χ1v) is 7.59. The lowest BCUT2D eigenvalue weighted by atomic mass is 10.2. The van der Waals surface area contributed by atoms with Crippen molar-refractivity contribution in [1.29, 1.82) is 0 Å². The van der Waals surface area contributed by atoms with E-state index in [9.17, 15) is 0 Å². The Hall–Kier alpha value is -1.10. The Morgan fingerprint density at radius 3 is 3.05 bits per heavy atom. The number of hydrogen-bond acceptors (Lipinski definition) is 4. The van der Waals surface area contributed by atoms with Crippen molar-refractivity contribution in [1.82, 2.24) is 10.3 Å². The Morgan fingerprint density at radius 1 is 1.42 bits per heavy atom. The maximum Gasteiger partial charge on any atom is 0.125 e. The minimum absolute atomic E-state index is 0.543. The molecule has 1 aromatic heterocycles. The van der Waals surface area contributed by atoms with E-state index in [-0.39, 0.29) is 0 Å². The van der Waals surface area contributed by atoms with Crippen LogP contribution in [0, 0.1) is 0 Å². The van der Waals surface area contributed by atoms with Crippen LogP contribution in [0.25, 0.3) is 0 Å². The van der Waals surface area contributed by atoms with Crippen molar-refractivity contribution in [2.24, 2.45) is 0 Å². The number of thiazole rings is 1. The zero-order valence-electron chi connectivity index (χ0n) is 10.4. The summed E-state index contributed by atoms with van der Waals surface area (Å²) in [4.78, 5) is 5.15. The van der Waals surface area contributed by atoms with Gasteiger partial charge in [-0.3, -0.25) is 4.98 Å².